The van der Waals surface area contributed by atoms with Crippen molar-refractivity contribution >= 4 is 17.5 Å². The van der Waals surface area contributed by atoms with Crippen LogP contribution in [0.15, 0.2) is 0 Å². The van der Waals surface area contributed by atoms with E-state index in [2.05, 4.69) is 0 Å². The predicted molar refractivity (Wildman–Crippen MR) is 62.2 cm³/mol. The maximum Gasteiger partial charge on any atom is 0.255 e. The van der Waals surface area contributed by atoms with Crippen LogP contribution in [-0.4, -0.2) is 36.2 Å². The monoisotopic (exact) mass is 265 g/mol. The van der Waals surface area contributed by atoms with Crippen LogP contribution in [0.3, 0.4) is 0 Å². The van der Waals surface area contributed by atoms with Crippen molar-refractivity contribution in [2.24, 2.45) is 17.8 Å². The van der Waals surface area contributed by atoms with Crippen molar-refractivity contribution in [2.75, 3.05) is 19.0 Å². The molecule has 17 heavy (non-hydrogen) atoms. The minimum absolute atomic E-state index is 0.0134. The van der Waals surface area contributed by atoms with Crippen molar-refractivity contribution in [3.05, 3.63) is 0 Å². The van der Waals surface area contributed by atoms with Gasteiger partial charge >= 0.3 is 0 Å². The molecule has 98 valence electrons. The Hall–Kier alpha value is -0.380. The molecule has 0 N–H and O–H groups in total. The van der Waals surface area contributed by atoms with E-state index < -0.39 is 13.0 Å². The molecule has 2 saturated carbocycles. The summed E-state index contributed by atoms with van der Waals surface area (Å²) in [4.78, 5) is 13.4. The topological polar surface area (TPSA) is 20.3 Å². The molecule has 0 heterocycles. The molecule has 5 heteroatoms. The van der Waals surface area contributed by atoms with E-state index in [0.717, 1.165) is 12.8 Å². The number of carbonyl (C=O) groups is 1. The lowest BCUT2D eigenvalue weighted by molar-refractivity contribution is -0.134. The van der Waals surface area contributed by atoms with Crippen LogP contribution in [0.1, 0.15) is 25.7 Å². The van der Waals surface area contributed by atoms with Crippen LogP contribution < -0.4 is 0 Å². The van der Waals surface area contributed by atoms with Gasteiger partial charge in [-0.1, -0.05) is 12.8 Å². The molecule has 0 radical (unpaired) electrons. The van der Waals surface area contributed by atoms with Gasteiger partial charge in [0.2, 0.25) is 5.91 Å². The van der Waals surface area contributed by atoms with Gasteiger partial charge in [0, 0.05) is 18.3 Å². The Morgan fingerprint density at radius 1 is 1.29 bits per heavy atom. The third-order valence-electron chi connectivity index (χ3n) is 3.97. The van der Waals surface area contributed by atoms with E-state index in [4.69, 9.17) is 11.6 Å². The van der Waals surface area contributed by atoms with Crippen molar-refractivity contribution in [3.63, 3.8) is 0 Å². The summed E-state index contributed by atoms with van der Waals surface area (Å²) in [5.74, 6) is 1.07. The summed E-state index contributed by atoms with van der Waals surface area (Å²) in [7, 11) is 0. The number of rotatable bonds is 5. The van der Waals surface area contributed by atoms with Crippen molar-refractivity contribution in [2.45, 2.75) is 32.1 Å². The number of amides is 1. The Balaban J connectivity index is 1.92. The van der Waals surface area contributed by atoms with Gasteiger partial charge in [0.1, 0.15) is 0 Å². The Morgan fingerprint density at radius 3 is 2.35 bits per heavy atom. The highest BCUT2D eigenvalue weighted by Crippen LogP contribution is 2.56. The van der Waals surface area contributed by atoms with Crippen molar-refractivity contribution in [3.8, 4) is 0 Å². The molecule has 2 unspecified atom stereocenters. The number of halogens is 3. The Morgan fingerprint density at radius 2 is 1.88 bits per heavy atom. The van der Waals surface area contributed by atoms with Crippen molar-refractivity contribution < 1.29 is 13.6 Å². The zero-order valence-corrected chi connectivity index (χ0v) is 10.5. The quantitative estimate of drug-likeness (QED) is 0.700. The highest BCUT2D eigenvalue weighted by atomic mass is 35.5. The lowest BCUT2D eigenvalue weighted by atomic mass is 10.0. The predicted octanol–water partition coefficient (Wildman–Crippen LogP) is 2.76. The van der Waals surface area contributed by atoms with Gasteiger partial charge < -0.3 is 4.90 Å². The fourth-order valence-corrected chi connectivity index (χ4v) is 3.33. The molecule has 0 aromatic rings. The third kappa shape index (κ3) is 2.90. The molecule has 2 nitrogen and oxygen atoms in total. The molecule has 2 atom stereocenters. The van der Waals surface area contributed by atoms with Crippen molar-refractivity contribution in [1.82, 2.24) is 4.90 Å². The standard InChI is InChI=1S/C12H18ClF2NO/c13-5-6-16(7-10(14)15)12(17)11-8-3-1-2-4-9(8)11/h8-11H,1-7H2. The summed E-state index contributed by atoms with van der Waals surface area (Å²) < 4.78 is 24.8. The molecule has 2 rings (SSSR count). The summed E-state index contributed by atoms with van der Waals surface area (Å²) in [6.07, 6.45) is 2.06. The number of alkyl halides is 3. The number of carbonyl (C=O) groups excluding carboxylic acids is 1. The molecule has 2 aliphatic carbocycles. The molecule has 0 aromatic carbocycles. The van der Waals surface area contributed by atoms with E-state index in [9.17, 15) is 13.6 Å². The van der Waals surface area contributed by atoms with Crippen molar-refractivity contribution in [1.29, 1.82) is 0 Å². The van der Waals surface area contributed by atoms with Gasteiger partial charge in [0.25, 0.3) is 6.43 Å². The van der Waals surface area contributed by atoms with Gasteiger partial charge in [0.15, 0.2) is 0 Å². The maximum atomic E-state index is 12.4. The minimum atomic E-state index is -2.47. The second-order valence-corrected chi connectivity index (χ2v) is 5.38. The molecular formula is C12H18ClF2NO. The highest BCUT2D eigenvalue weighted by Gasteiger charge is 2.55. The first-order valence-electron chi connectivity index (χ1n) is 6.28. The SMILES string of the molecule is O=C(C1C2CCCCC21)N(CCCl)CC(F)F. The first-order chi connectivity index (χ1) is 8.15. The molecular weight excluding hydrogens is 248 g/mol. The van der Waals surface area contributed by atoms with Crippen LogP contribution in [0, 0.1) is 17.8 Å². The molecule has 0 aliphatic heterocycles. The maximum absolute atomic E-state index is 12.4. The second-order valence-electron chi connectivity index (χ2n) is 5.00. The van der Waals surface area contributed by atoms with Crippen LogP contribution in [0.2, 0.25) is 0 Å². The summed E-state index contributed by atoms with van der Waals surface area (Å²) >= 11 is 5.56. The van der Waals surface area contributed by atoms with Gasteiger partial charge in [0.05, 0.1) is 6.54 Å². The number of fused-ring (bicyclic) bond motifs is 1. The zero-order valence-electron chi connectivity index (χ0n) is 9.75. The number of hydrogen-bond donors (Lipinski definition) is 0. The van der Waals surface area contributed by atoms with E-state index in [1.54, 1.807) is 0 Å². The molecule has 0 bridgehead atoms. The summed E-state index contributed by atoms with van der Waals surface area (Å²) in [6, 6.07) is 0. The van der Waals surface area contributed by atoms with Crippen LogP contribution in [-0.2, 0) is 4.79 Å². The Labute approximate surface area is 105 Å². The number of nitrogens with zero attached hydrogens (tertiary/aromatic N) is 1. The largest absolute Gasteiger partial charge is 0.336 e. The van der Waals surface area contributed by atoms with E-state index >= 15 is 0 Å². The normalized spacial score (nSPS) is 31.2. The second kappa shape index (κ2) is 5.51. The van der Waals surface area contributed by atoms with Crippen LogP contribution in [0.25, 0.3) is 0 Å². The average Bonchev–Trinajstić information content (AvgIpc) is 3.01. The first kappa shape index (κ1) is 13.1. The van der Waals surface area contributed by atoms with Gasteiger partial charge in [-0.05, 0) is 24.7 Å². The van der Waals surface area contributed by atoms with E-state index in [-0.39, 0.29) is 24.2 Å². The van der Waals surface area contributed by atoms with Gasteiger partial charge in [-0.15, -0.1) is 11.6 Å². The van der Waals surface area contributed by atoms with Crippen LogP contribution >= 0.6 is 11.6 Å². The summed E-state index contributed by atoms with van der Waals surface area (Å²) in [5, 5.41) is 0. The average molecular weight is 266 g/mol. The molecule has 2 fully saturated rings. The molecule has 0 aromatic heterocycles. The lowest BCUT2D eigenvalue weighted by Crippen LogP contribution is -2.38. The van der Waals surface area contributed by atoms with E-state index in [1.165, 1.54) is 17.7 Å². The van der Waals surface area contributed by atoms with E-state index in [1.807, 2.05) is 0 Å². The Kier molecular flexibility index (Phi) is 4.23. The van der Waals surface area contributed by atoms with Gasteiger partial charge in [-0.25, -0.2) is 8.78 Å². The summed E-state index contributed by atoms with van der Waals surface area (Å²) in [6.45, 7) is -0.234. The van der Waals surface area contributed by atoms with Gasteiger partial charge in [-0.2, -0.15) is 0 Å². The third-order valence-corrected chi connectivity index (χ3v) is 4.14. The molecule has 0 saturated heterocycles. The molecule has 1 amide bonds. The smallest absolute Gasteiger partial charge is 0.255 e. The Bertz CT molecular complexity index is 276. The summed E-state index contributed by atoms with van der Waals surface area (Å²) in [5.41, 5.74) is 0. The van der Waals surface area contributed by atoms with Crippen LogP contribution in [0.5, 0.6) is 0 Å². The van der Waals surface area contributed by atoms with E-state index in [0.29, 0.717) is 11.8 Å². The fraction of sp³-hybridized carbons (Fsp3) is 0.917. The molecule has 0 spiro atoms. The van der Waals surface area contributed by atoms with Crippen LogP contribution in [0.4, 0.5) is 8.78 Å². The molecule has 2 aliphatic rings. The fourth-order valence-electron chi connectivity index (χ4n) is 3.13. The first-order valence-corrected chi connectivity index (χ1v) is 6.81. The highest BCUT2D eigenvalue weighted by molar-refractivity contribution is 6.18. The number of hydrogen-bond acceptors (Lipinski definition) is 1. The van der Waals surface area contributed by atoms with Gasteiger partial charge in [-0.3, -0.25) is 4.79 Å². The lowest BCUT2D eigenvalue weighted by Gasteiger charge is -2.21. The zero-order chi connectivity index (χ0) is 12.4. The minimum Gasteiger partial charge on any atom is -0.336 e.